The van der Waals surface area contributed by atoms with Crippen molar-refractivity contribution in [2.45, 2.75) is 13.5 Å². The highest BCUT2D eigenvalue weighted by Crippen LogP contribution is 2.17. The first-order chi connectivity index (χ1) is 10.7. The quantitative estimate of drug-likeness (QED) is 0.802. The van der Waals surface area contributed by atoms with Gasteiger partial charge < -0.3 is 0 Å². The molecule has 3 rings (SSSR count). The lowest BCUT2D eigenvalue weighted by Crippen LogP contribution is -2.32. The molecule has 1 saturated heterocycles. The fourth-order valence-electron chi connectivity index (χ4n) is 2.81. The molecule has 2 nitrogen and oxygen atoms in total. The number of hydrogen-bond acceptors (Lipinski definition) is 3. The molecule has 3 heteroatoms. The third-order valence-electron chi connectivity index (χ3n) is 4.09. The fourth-order valence-corrected chi connectivity index (χ4v) is 3.79. The number of carbonyl (C=O) groups excluding carboxylic acids is 1. The lowest BCUT2D eigenvalue weighted by atomic mass is 9.98. The highest BCUT2D eigenvalue weighted by molar-refractivity contribution is 7.99. The van der Waals surface area contributed by atoms with E-state index in [1.807, 2.05) is 55.1 Å². The maximum atomic E-state index is 12.7. The molecule has 114 valence electrons. The Morgan fingerprint density at radius 3 is 2.64 bits per heavy atom. The minimum Gasteiger partial charge on any atom is -0.297 e. The molecule has 0 atom stereocenters. The van der Waals surface area contributed by atoms with Crippen LogP contribution in [0, 0.1) is 6.92 Å². The van der Waals surface area contributed by atoms with Gasteiger partial charge in [-0.25, -0.2) is 0 Å². The van der Waals surface area contributed by atoms with E-state index in [4.69, 9.17) is 0 Å². The molecule has 1 aliphatic heterocycles. The Morgan fingerprint density at radius 1 is 1.09 bits per heavy atom. The van der Waals surface area contributed by atoms with Crippen molar-refractivity contribution in [2.24, 2.45) is 0 Å². The Bertz CT molecular complexity index is 662. The summed E-state index contributed by atoms with van der Waals surface area (Å²) in [4.78, 5) is 15.2. The van der Waals surface area contributed by atoms with Crippen LogP contribution in [0.4, 0.5) is 0 Å². The number of ketones is 1. The number of benzene rings is 2. The summed E-state index contributed by atoms with van der Waals surface area (Å²) in [6, 6.07) is 15.9. The largest absolute Gasteiger partial charge is 0.297 e. The van der Waals surface area contributed by atoms with Gasteiger partial charge in [-0.05, 0) is 24.1 Å². The molecule has 0 radical (unpaired) electrons. The first-order valence-electron chi connectivity index (χ1n) is 7.73. The topological polar surface area (TPSA) is 20.3 Å². The van der Waals surface area contributed by atoms with Crippen LogP contribution in [0.2, 0.25) is 0 Å². The van der Waals surface area contributed by atoms with Crippen molar-refractivity contribution in [3.8, 4) is 0 Å². The zero-order valence-electron chi connectivity index (χ0n) is 12.9. The standard InChI is InChI=1S/C19H21NOS/c1-15-5-2-3-8-18(15)19(21)17-7-4-6-16(13-17)14-20-9-11-22-12-10-20/h2-8,13H,9-12,14H2,1H3. The van der Waals surface area contributed by atoms with Gasteiger partial charge in [0, 0.05) is 42.3 Å². The van der Waals surface area contributed by atoms with E-state index in [0.29, 0.717) is 0 Å². The Morgan fingerprint density at radius 2 is 1.86 bits per heavy atom. The molecular weight excluding hydrogens is 290 g/mol. The van der Waals surface area contributed by atoms with Crippen molar-refractivity contribution in [2.75, 3.05) is 24.6 Å². The van der Waals surface area contributed by atoms with E-state index < -0.39 is 0 Å². The predicted molar refractivity (Wildman–Crippen MR) is 93.7 cm³/mol. The summed E-state index contributed by atoms with van der Waals surface area (Å²) in [5.41, 5.74) is 3.85. The van der Waals surface area contributed by atoms with E-state index in [9.17, 15) is 4.79 Å². The van der Waals surface area contributed by atoms with Gasteiger partial charge in [0.05, 0.1) is 0 Å². The van der Waals surface area contributed by atoms with Gasteiger partial charge in [0.15, 0.2) is 5.78 Å². The molecule has 1 heterocycles. The van der Waals surface area contributed by atoms with Gasteiger partial charge in [0.25, 0.3) is 0 Å². The molecule has 0 amide bonds. The monoisotopic (exact) mass is 311 g/mol. The number of carbonyl (C=O) groups is 1. The minimum absolute atomic E-state index is 0.120. The third-order valence-corrected chi connectivity index (χ3v) is 5.03. The second-order valence-electron chi connectivity index (χ2n) is 5.73. The molecule has 1 aliphatic rings. The van der Waals surface area contributed by atoms with Crippen LogP contribution in [0.1, 0.15) is 27.0 Å². The van der Waals surface area contributed by atoms with E-state index in [0.717, 1.165) is 36.3 Å². The molecular formula is C19H21NOS. The molecule has 2 aromatic carbocycles. The summed E-state index contributed by atoms with van der Waals surface area (Å²) in [7, 11) is 0. The normalized spacial score (nSPS) is 15.7. The van der Waals surface area contributed by atoms with Crippen molar-refractivity contribution in [3.05, 3.63) is 70.8 Å². The van der Waals surface area contributed by atoms with Gasteiger partial charge in [-0.1, -0.05) is 42.5 Å². The summed E-state index contributed by atoms with van der Waals surface area (Å²) in [5, 5.41) is 0. The molecule has 0 spiro atoms. The Balaban J connectivity index is 1.78. The van der Waals surface area contributed by atoms with Crippen molar-refractivity contribution in [3.63, 3.8) is 0 Å². The maximum Gasteiger partial charge on any atom is 0.193 e. The zero-order chi connectivity index (χ0) is 15.4. The maximum absolute atomic E-state index is 12.7. The highest BCUT2D eigenvalue weighted by atomic mass is 32.2. The lowest BCUT2D eigenvalue weighted by molar-refractivity contribution is 0.103. The van der Waals surface area contributed by atoms with E-state index in [1.165, 1.54) is 17.1 Å². The van der Waals surface area contributed by atoms with E-state index in [2.05, 4.69) is 17.0 Å². The van der Waals surface area contributed by atoms with Crippen LogP contribution in [0.5, 0.6) is 0 Å². The van der Waals surface area contributed by atoms with Crippen LogP contribution >= 0.6 is 11.8 Å². The van der Waals surface area contributed by atoms with Gasteiger partial charge >= 0.3 is 0 Å². The van der Waals surface area contributed by atoms with Crippen molar-refractivity contribution in [1.29, 1.82) is 0 Å². The van der Waals surface area contributed by atoms with E-state index in [1.54, 1.807) is 0 Å². The Hall–Kier alpha value is -1.58. The first kappa shape index (κ1) is 15.3. The smallest absolute Gasteiger partial charge is 0.193 e. The summed E-state index contributed by atoms with van der Waals surface area (Å²) < 4.78 is 0. The second-order valence-corrected chi connectivity index (χ2v) is 6.96. The van der Waals surface area contributed by atoms with Crippen LogP contribution in [0.3, 0.4) is 0 Å². The van der Waals surface area contributed by atoms with Crippen LogP contribution in [-0.4, -0.2) is 35.3 Å². The van der Waals surface area contributed by atoms with Gasteiger partial charge in [0.2, 0.25) is 0 Å². The minimum atomic E-state index is 0.120. The molecule has 0 aliphatic carbocycles. The average molecular weight is 311 g/mol. The van der Waals surface area contributed by atoms with Crippen LogP contribution < -0.4 is 0 Å². The lowest BCUT2D eigenvalue weighted by Gasteiger charge is -2.26. The van der Waals surface area contributed by atoms with E-state index >= 15 is 0 Å². The van der Waals surface area contributed by atoms with Crippen molar-refractivity contribution in [1.82, 2.24) is 4.90 Å². The Kier molecular flexibility index (Phi) is 4.96. The number of hydrogen-bond donors (Lipinski definition) is 0. The average Bonchev–Trinajstić information content (AvgIpc) is 2.56. The third kappa shape index (κ3) is 3.60. The van der Waals surface area contributed by atoms with Gasteiger partial charge in [0.1, 0.15) is 0 Å². The number of nitrogens with zero attached hydrogens (tertiary/aromatic N) is 1. The summed E-state index contributed by atoms with van der Waals surface area (Å²) >= 11 is 2.02. The summed E-state index contributed by atoms with van der Waals surface area (Å²) in [5.74, 6) is 2.54. The molecule has 0 N–H and O–H groups in total. The molecule has 0 unspecified atom stereocenters. The Labute approximate surface area is 136 Å². The van der Waals surface area contributed by atoms with Gasteiger partial charge in [-0.2, -0.15) is 11.8 Å². The highest BCUT2D eigenvalue weighted by Gasteiger charge is 2.14. The predicted octanol–water partition coefficient (Wildman–Crippen LogP) is 3.77. The van der Waals surface area contributed by atoms with Crippen LogP contribution in [0.25, 0.3) is 0 Å². The van der Waals surface area contributed by atoms with Gasteiger partial charge in [-0.3, -0.25) is 9.69 Å². The molecule has 22 heavy (non-hydrogen) atoms. The molecule has 1 fully saturated rings. The number of aryl methyl sites for hydroxylation is 1. The summed E-state index contributed by atoms with van der Waals surface area (Å²) in [6.07, 6.45) is 0. The van der Waals surface area contributed by atoms with Crippen LogP contribution in [0.15, 0.2) is 48.5 Å². The molecule has 0 aromatic heterocycles. The van der Waals surface area contributed by atoms with Gasteiger partial charge in [-0.15, -0.1) is 0 Å². The van der Waals surface area contributed by atoms with Crippen molar-refractivity contribution >= 4 is 17.5 Å². The zero-order valence-corrected chi connectivity index (χ0v) is 13.7. The molecule has 0 saturated carbocycles. The van der Waals surface area contributed by atoms with Crippen molar-refractivity contribution < 1.29 is 4.79 Å². The second kappa shape index (κ2) is 7.12. The molecule has 2 aromatic rings. The van der Waals surface area contributed by atoms with E-state index in [-0.39, 0.29) is 5.78 Å². The molecule has 0 bridgehead atoms. The summed E-state index contributed by atoms with van der Waals surface area (Å²) in [6.45, 7) is 5.21. The first-order valence-corrected chi connectivity index (χ1v) is 8.89. The van der Waals surface area contributed by atoms with Crippen LogP contribution in [-0.2, 0) is 6.54 Å². The number of thioether (sulfide) groups is 1. The SMILES string of the molecule is Cc1ccccc1C(=O)c1cccc(CN2CCSCC2)c1. The number of rotatable bonds is 4. The fraction of sp³-hybridized carbons (Fsp3) is 0.316.